The standard InChI is InChI=1S/C14H26N4/c1-13(2)16-11-14-5-3-8-18(14)9-4-7-17-10-6-15-12-17/h6,10,12-14,16H,3-5,7-9,11H2,1-2H3. The molecule has 18 heavy (non-hydrogen) atoms. The smallest absolute Gasteiger partial charge is 0.0945 e. The quantitative estimate of drug-likeness (QED) is 0.800. The van der Waals surface area contributed by atoms with Crippen molar-refractivity contribution in [2.75, 3.05) is 19.6 Å². The molecule has 1 unspecified atom stereocenters. The van der Waals surface area contributed by atoms with Crippen LogP contribution in [0.25, 0.3) is 0 Å². The number of nitrogens with one attached hydrogen (secondary N) is 1. The van der Waals surface area contributed by atoms with Gasteiger partial charge in [0.05, 0.1) is 6.33 Å². The van der Waals surface area contributed by atoms with E-state index in [1.165, 1.54) is 32.4 Å². The molecule has 102 valence electrons. The lowest BCUT2D eigenvalue weighted by atomic mass is 10.2. The van der Waals surface area contributed by atoms with Crippen LogP contribution in [0.15, 0.2) is 18.7 Å². The maximum Gasteiger partial charge on any atom is 0.0945 e. The Morgan fingerprint density at radius 1 is 1.39 bits per heavy atom. The molecule has 4 heteroatoms. The molecule has 0 bridgehead atoms. The second-order valence-corrected chi connectivity index (χ2v) is 5.55. The molecule has 1 saturated heterocycles. The normalized spacial score (nSPS) is 20.9. The number of hydrogen-bond acceptors (Lipinski definition) is 3. The van der Waals surface area contributed by atoms with E-state index >= 15 is 0 Å². The maximum absolute atomic E-state index is 4.08. The molecule has 1 N–H and O–H groups in total. The summed E-state index contributed by atoms with van der Waals surface area (Å²) in [6.45, 7) is 9.15. The third-order valence-corrected chi connectivity index (χ3v) is 3.68. The number of likely N-dealkylation sites (tertiary alicyclic amines) is 1. The Bertz CT molecular complexity index is 321. The molecular formula is C14H26N4. The SMILES string of the molecule is CC(C)NCC1CCCN1CCCn1ccnc1. The summed E-state index contributed by atoms with van der Waals surface area (Å²) in [6, 6.07) is 1.34. The van der Waals surface area contributed by atoms with Gasteiger partial charge in [-0.1, -0.05) is 13.8 Å². The van der Waals surface area contributed by atoms with Gasteiger partial charge in [0, 0.05) is 44.1 Å². The van der Waals surface area contributed by atoms with Crippen molar-refractivity contribution in [3.8, 4) is 0 Å². The van der Waals surface area contributed by atoms with Crippen LogP contribution < -0.4 is 5.32 Å². The average Bonchev–Trinajstić information content (AvgIpc) is 2.97. The lowest BCUT2D eigenvalue weighted by Gasteiger charge is -2.25. The van der Waals surface area contributed by atoms with Crippen LogP contribution in [-0.4, -0.2) is 46.2 Å². The first-order valence-corrected chi connectivity index (χ1v) is 7.19. The van der Waals surface area contributed by atoms with Crippen LogP contribution in [0.2, 0.25) is 0 Å². The fourth-order valence-electron chi connectivity index (χ4n) is 2.67. The number of nitrogens with zero attached hydrogens (tertiary/aromatic N) is 3. The van der Waals surface area contributed by atoms with Crippen LogP contribution >= 0.6 is 0 Å². The number of aromatic nitrogens is 2. The molecular weight excluding hydrogens is 224 g/mol. The van der Waals surface area contributed by atoms with Crippen LogP contribution in [0.4, 0.5) is 0 Å². The van der Waals surface area contributed by atoms with E-state index in [-0.39, 0.29) is 0 Å². The molecule has 2 rings (SSSR count). The van der Waals surface area contributed by atoms with Crippen LogP contribution in [0, 0.1) is 0 Å². The summed E-state index contributed by atoms with van der Waals surface area (Å²) in [4.78, 5) is 6.72. The zero-order valence-electron chi connectivity index (χ0n) is 11.7. The summed E-state index contributed by atoms with van der Waals surface area (Å²) >= 11 is 0. The van der Waals surface area contributed by atoms with Gasteiger partial charge < -0.3 is 9.88 Å². The second kappa shape index (κ2) is 6.90. The molecule has 0 radical (unpaired) electrons. The minimum absolute atomic E-state index is 0.596. The van der Waals surface area contributed by atoms with Crippen molar-refractivity contribution in [3.05, 3.63) is 18.7 Å². The average molecular weight is 250 g/mol. The summed E-state index contributed by atoms with van der Waals surface area (Å²) < 4.78 is 2.16. The Morgan fingerprint density at radius 3 is 3.00 bits per heavy atom. The van der Waals surface area contributed by atoms with E-state index in [2.05, 4.69) is 33.6 Å². The minimum atomic E-state index is 0.596. The van der Waals surface area contributed by atoms with Gasteiger partial charge in [0.15, 0.2) is 0 Å². The highest BCUT2D eigenvalue weighted by molar-refractivity contribution is 4.82. The first kappa shape index (κ1) is 13.6. The van der Waals surface area contributed by atoms with Gasteiger partial charge >= 0.3 is 0 Å². The van der Waals surface area contributed by atoms with Crippen LogP contribution in [0.1, 0.15) is 33.1 Å². The predicted octanol–water partition coefficient (Wildman–Crippen LogP) is 1.74. The third-order valence-electron chi connectivity index (χ3n) is 3.68. The van der Waals surface area contributed by atoms with Crippen molar-refractivity contribution in [2.24, 2.45) is 0 Å². The number of hydrogen-bond donors (Lipinski definition) is 1. The minimum Gasteiger partial charge on any atom is -0.337 e. The summed E-state index contributed by atoms with van der Waals surface area (Å²) in [5, 5.41) is 3.56. The summed E-state index contributed by atoms with van der Waals surface area (Å²) in [5.74, 6) is 0. The molecule has 1 atom stereocenters. The molecule has 0 amide bonds. The number of aryl methyl sites for hydroxylation is 1. The first-order valence-electron chi connectivity index (χ1n) is 7.19. The van der Waals surface area contributed by atoms with Gasteiger partial charge in [-0.25, -0.2) is 4.98 Å². The highest BCUT2D eigenvalue weighted by Crippen LogP contribution is 2.17. The van der Waals surface area contributed by atoms with Crippen molar-refractivity contribution in [1.29, 1.82) is 0 Å². The monoisotopic (exact) mass is 250 g/mol. The van der Waals surface area contributed by atoms with Crippen molar-refractivity contribution in [2.45, 2.75) is 51.7 Å². The molecule has 0 aromatic carbocycles. The summed E-state index contributed by atoms with van der Waals surface area (Å²) in [5.41, 5.74) is 0. The van der Waals surface area contributed by atoms with Crippen LogP contribution in [0.3, 0.4) is 0 Å². The molecule has 0 saturated carbocycles. The van der Waals surface area contributed by atoms with Gasteiger partial charge in [-0.2, -0.15) is 0 Å². The van der Waals surface area contributed by atoms with Crippen molar-refractivity contribution < 1.29 is 0 Å². The zero-order chi connectivity index (χ0) is 12.8. The predicted molar refractivity (Wildman–Crippen MR) is 74.6 cm³/mol. The molecule has 1 aromatic rings. The number of rotatable bonds is 7. The van der Waals surface area contributed by atoms with Gasteiger partial charge in [-0.05, 0) is 25.8 Å². The van der Waals surface area contributed by atoms with E-state index in [9.17, 15) is 0 Å². The molecule has 1 aromatic heterocycles. The molecule has 4 nitrogen and oxygen atoms in total. The number of imidazole rings is 1. The third kappa shape index (κ3) is 4.10. The van der Waals surface area contributed by atoms with E-state index in [0.29, 0.717) is 6.04 Å². The van der Waals surface area contributed by atoms with E-state index in [1.807, 2.05) is 18.7 Å². The topological polar surface area (TPSA) is 33.1 Å². The molecule has 0 spiro atoms. The van der Waals surface area contributed by atoms with Crippen molar-refractivity contribution in [3.63, 3.8) is 0 Å². The second-order valence-electron chi connectivity index (χ2n) is 5.55. The highest BCUT2D eigenvalue weighted by Gasteiger charge is 2.23. The zero-order valence-corrected chi connectivity index (χ0v) is 11.7. The van der Waals surface area contributed by atoms with Crippen molar-refractivity contribution in [1.82, 2.24) is 19.8 Å². The lowest BCUT2D eigenvalue weighted by Crippen LogP contribution is -2.40. The van der Waals surface area contributed by atoms with Gasteiger partial charge in [0.2, 0.25) is 0 Å². The Balaban J connectivity index is 1.67. The largest absolute Gasteiger partial charge is 0.337 e. The highest BCUT2D eigenvalue weighted by atomic mass is 15.2. The summed E-state index contributed by atoms with van der Waals surface area (Å²) in [7, 11) is 0. The Morgan fingerprint density at radius 2 is 2.28 bits per heavy atom. The van der Waals surface area contributed by atoms with E-state index in [1.54, 1.807) is 0 Å². The fraction of sp³-hybridized carbons (Fsp3) is 0.786. The molecule has 0 aliphatic carbocycles. The Labute approximate surface area is 110 Å². The van der Waals surface area contributed by atoms with E-state index < -0.39 is 0 Å². The molecule has 2 heterocycles. The summed E-state index contributed by atoms with van der Waals surface area (Å²) in [6.07, 6.45) is 9.73. The Hall–Kier alpha value is -0.870. The van der Waals surface area contributed by atoms with Gasteiger partial charge in [-0.3, -0.25) is 4.90 Å². The Kier molecular flexibility index (Phi) is 5.20. The van der Waals surface area contributed by atoms with Gasteiger partial charge in [-0.15, -0.1) is 0 Å². The van der Waals surface area contributed by atoms with Crippen molar-refractivity contribution >= 4 is 0 Å². The molecule has 1 aliphatic heterocycles. The first-order chi connectivity index (χ1) is 8.75. The van der Waals surface area contributed by atoms with Crippen LogP contribution in [-0.2, 0) is 6.54 Å². The lowest BCUT2D eigenvalue weighted by molar-refractivity contribution is 0.237. The molecule has 1 aliphatic rings. The van der Waals surface area contributed by atoms with Gasteiger partial charge in [0.25, 0.3) is 0 Å². The van der Waals surface area contributed by atoms with Crippen LogP contribution in [0.5, 0.6) is 0 Å². The van der Waals surface area contributed by atoms with E-state index in [0.717, 1.165) is 19.1 Å². The van der Waals surface area contributed by atoms with E-state index in [4.69, 9.17) is 0 Å². The van der Waals surface area contributed by atoms with Gasteiger partial charge in [0.1, 0.15) is 0 Å². The molecule has 1 fully saturated rings. The maximum atomic E-state index is 4.08. The fourth-order valence-corrected chi connectivity index (χ4v) is 2.67.